The first-order valence-corrected chi connectivity index (χ1v) is 7.11. The Kier molecular flexibility index (Phi) is 4.93. The third-order valence-electron chi connectivity index (χ3n) is 2.80. The number of amides is 1. The van der Waals surface area contributed by atoms with Crippen molar-refractivity contribution in [3.8, 4) is 0 Å². The first-order chi connectivity index (χ1) is 9.44. The number of carbonyl (C=O) groups excluding carboxylic acids is 1. The van der Waals surface area contributed by atoms with Crippen molar-refractivity contribution in [1.82, 2.24) is 5.32 Å². The standard InChI is InChI=1S/C13H15F3N2OS/c14-13(15,16)20-11-4-2-1-3-10(11)18-12(19)8-17-7-9-5-6-9/h1-4,9,17H,5-8H2,(H,18,19). The summed E-state index contributed by atoms with van der Waals surface area (Å²) in [4.78, 5) is 11.7. The van der Waals surface area contributed by atoms with Crippen molar-refractivity contribution in [3.05, 3.63) is 24.3 Å². The molecular weight excluding hydrogens is 289 g/mol. The Morgan fingerprint density at radius 3 is 2.65 bits per heavy atom. The van der Waals surface area contributed by atoms with Gasteiger partial charge in [0, 0.05) is 4.90 Å². The number of nitrogens with one attached hydrogen (secondary N) is 2. The van der Waals surface area contributed by atoms with Gasteiger partial charge in [-0.15, -0.1) is 0 Å². The maximum absolute atomic E-state index is 12.4. The molecule has 0 saturated heterocycles. The Bertz CT molecular complexity index is 475. The van der Waals surface area contributed by atoms with E-state index in [1.54, 1.807) is 6.07 Å². The molecular formula is C13H15F3N2OS. The van der Waals surface area contributed by atoms with Crippen LogP contribution < -0.4 is 10.6 Å². The minimum absolute atomic E-state index is 0.00413. The summed E-state index contributed by atoms with van der Waals surface area (Å²) in [5, 5.41) is 5.50. The molecule has 0 bridgehead atoms. The topological polar surface area (TPSA) is 41.1 Å². The van der Waals surface area contributed by atoms with Crippen LogP contribution in [0.1, 0.15) is 12.8 Å². The summed E-state index contributed by atoms with van der Waals surface area (Å²) in [6.45, 7) is 0.897. The summed E-state index contributed by atoms with van der Waals surface area (Å²) < 4.78 is 37.2. The molecule has 7 heteroatoms. The molecule has 1 aliphatic rings. The quantitative estimate of drug-likeness (QED) is 0.793. The number of para-hydroxylation sites is 1. The zero-order chi connectivity index (χ0) is 14.6. The van der Waals surface area contributed by atoms with Crippen molar-refractivity contribution in [1.29, 1.82) is 0 Å². The zero-order valence-electron chi connectivity index (χ0n) is 10.7. The van der Waals surface area contributed by atoms with Crippen LogP contribution >= 0.6 is 11.8 Å². The third-order valence-corrected chi connectivity index (χ3v) is 3.61. The normalized spacial score (nSPS) is 15.2. The number of halogens is 3. The first-order valence-electron chi connectivity index (χ1n) is 6.29. The zero-order valence-corrected chi connectivity index (χ0v) is 11.5. The highest BCUT2D eigenvalue weighted by Crippen LogP contribution is 2.40. The largest absolute Gasteiger partial charge is 0.446 e. The Morgan fingerprint density at radius 2 is 2.00 bits per heavy atom. The van der Waals surface area contributed by atoms with Gasteiger partial charge in [-0.3, -0.25) is 4.79 Å². The van der Waals surface area contributed by atoms with Gasteiger partial charge in [0.2, 0.25) is 5.91 Å². The van der Waals surface area contributed by atoms with Crippen molar-refractivity contribution in [3.63, 3.8) is 0 Å². The molecule has 0 radical (unpaired) electrons. The van der Waals surface area contributed by atoms with Crippen molar-refractivity contribution in [2.75, 3.05) is 18.4 Å². The van der Waals surface area contributed by atoms with E-state index in [1.807, 2.05) is 0 Å². The Balaban J connectivity index is 1.88. The fourth-order valence-electron chi connectivity index (χ4n) is 1.69. The highest BCUT2D eigenvalue weighted by atomic mass is 32.2. The van der Waals surface area contributed by atoms with E-state index in [4.69, 9.17) is 0 Å². The summed E-state index contributed by atoms with van der Waals surface area (Å²) >= 11 is -0.227. The maximum Gasteiger partial charge on any atom is 0.446 e. The van der Waals surface area contributed by atoms with Gasteiger partial charge in [-0.1, -0.05) is 12.1 Å². The Hall–Kier alpha value is -1.21. The van der Waals surface area contributed by atoms with Gasteiger partial charge in [0.25, 0.3) is 0 Å². The van der Waals surface area contributed by atoms with Gasteiger partial charge in [-0.2, -0.15) is 13.2 Å². The molecule has 0 aromatic heterocycles. The van der Waals surface area contributed by atoms with E-state index in [2.05, 4.69) is 10.6 Å². The van der Waals surface area contributed by atoms with Gasteiger partial charge in [-0.25, -0.2) is 0 Å². The highest BCUT2D eigenvalue weighted by molar-refractivity contribution is 8.00. The van der Waals surface area contributed by atoms with Gasteiger partial charge in [-0.05, 0) is 49.2 Å². The van der Waals surface area contributed by atoms with Crippen molar-refractivity contribution in [2.24, 2.45) is 5.92 Å². The summed E-state index contributed by atoms with van der Waals surface area (Å²) in [5.41, 5.74) is -4.18. The van der Waals surface area contributed by atoms with Gasteiger partial charge < -0.3 is 10.6 Å². The van der Waals surface area contributed by atoms with E-state index < -0.39 is 5.51 Å². The summed E-state index contributed by atoms with van der Waals surface area (Å²) in [6.07, 6.45) is 2.36. The number of alkyl halides is 3. The summed E-state index contributed by atoms with van der Waals surface area (Å²) in [6, 6.07) is 5.90. The van der Waals surface area contributed by atoms with Crippen LogP contribution in [-0.2, 0) is 4.79 Å². The molecule has 1 amide bonds. The number of hydrogen-bond donors (Lipinski definition) is 2. The van der Waals surface area contributed by atoms with Gasteiger partial charge >= 0.3 is 5.51 Å². The van der Waals surface area contributed by atoms with Crippen molar-refractivity contribution in [2.45, 2.75) is 23.2 Å². The van der Waals surface area contributed by atoms with E-state index >= 15 is 0 Å². The second-order valence-electron chi connectivity index (χ2n) is 4.67. The summed E-state index contributed by atoms with van der Waals surface area (Å²) in [7, 11) is 0. The van der Waals surface area contributed by atoms with Crippen LogP contribution in [0.3, 0.4) is 0 Å². The second-order valence-corrected chi connectivity index (χ2v) is 5.77. The fraction of sp³-hybridized carbons (Fsp3) is 0.462. The lowest BCUT2D eigenvalue weighted by atomic mass is 10.3. The number of anilines is 1. The maximum atomic E-state index is 12.4. The lowest BCUT2D eigenvalue weighted by Crippen LogP contribution is -2.29. The monoisotopic (exact) mass is 304 g/mol. The van der Waals surface area contributed by atoms with E-state index in [1.165, 1.54) is 31.0 Å². The lowest BCUT2D eigenvalue weighted by molar-refractivity contribution is -0.115. The molecule has 1 fully saturated rings. The molecule has 20 heavy (non-hydrogen) atoms. The minimum atomic E-state index is -4.37. The number of hydrogen-bond acceptors (Lipinski definition) is 3. The predicted octanol–water partition coefficient (Wildman–Crippen LogP) is 3.24. The molecule has 0 unspecified atom stereocenters. The first kappa shape index (κ1) is 15.2. The predicted molar refractivity (Wildman–Crippen MR) is 72.6 cm³/mol. The molecule has 1 aliphatic carbocycles. The average molecular weight is 304 g/mol. The van der Waals surface area contributed by atoms with Gasteiger partial charge in [0.15, 0.2) is 0 Å². The molecule has 1 saturated carbocycles. The molecule has 0 aliphatic heterocycles. The van der Waals surface area contributed by atoms with Crippen LogP contribution in [0, 0.1) is 5.92 Å². The van der Waals surface area contributed by atoms with E-state index in [0.717, 1.165) is 6.54 Å². The van der Waals surface area contributed by atoms with Gasteiger partial charge in [0.1, 0.15) is 0 Å². The van der Waals surface area contributed by atoms with Crippen LogP contribution in [-0.4, -0.2) is 24.5 Å². The molecule has 0 spiro atoms. The van der Waals surface area contributed by atoms with Crippen molar-refractivity contribution < 1.29 is 18.0 Å². The van der Waals surface area contributed by atoms with Crippen LogP contribution in [0.15, 0.2) is 29.2 Å². The molecule has 0 atom stereocenters. The highest BCUT2D eigenvalue weighted by Gasteiger charge is 2.30. The lowest BCUT2D eigenvalue weighted by Gasteiger charge is -2.12. The number of rotatable bonds is 6. The van der Waals surface area contributed by atoms with E-state index in [-0.39, 0.29) is 34.8 Å². The Labute approximate surface area is 119 Å². The molecule has 2 N–H and O–H groups in total. The second kappa shape index (κ2) is 6.49. The molecule has 1 aromatic carbocycles. The number of thioether (sulfide) groups is 1. The number of carbonyl (C=O) groups is 1. The smallest absolute Gasteiger partial charge is 0.324 e. The van der Waals surface area contributed by atoms with Crippen LogP contribution in [0.2, 0.25) is 0 Å². The van der Waals surface area contributed by atoms with E-state index in [0.29, 0.717) is 5.92 Å². The SMILES string of the molecule is O=C(CNCC1CC1)Nc1ccccc1SC(F)(F)F. The molecule has 110 valence electrons. The van der Waals surface area contributed by atoms with Crippen LogP contribution in [0.25, 0.3) is 0 Å². The molecule has 3 nitrogen and oxygen atoms in total. The molecule has 0 heterocycles. The number of benzene rings is 1. The van der Waals surface area contributed by atoms with E-state index in [9.17, 15) is 18.0 Å². The average Bonchev–Trinajstić information content (AvgIpc) is 3.14. The van der Waals surface area contributed by atoms with Crippen LogP contribution in [0.5, 0.6) is 0 Å². The van der Waals surface area contributed by atoms with Gasteiger partial charge in [0.05, 0.1) is 12.2 Å². The fourth-order valence-corrected chi connectivity index (χ4v) is 2.31. The van der Waals surface area contributed by atoms with Crippen LogP contribution in [0.4, 0.5) is 18.9 Å². The molecule has 2 rings (SSSR count). The third kappa shape index (κ3) is 5.42. The molecule has 1 aromatic rings. The Morgan fingerprint density at radius 1 is 1.30 bits per heavy atom. The summed E-state index contributed by atoms with van der Waals surface area (Å²) in [5.74, 6) is 0.316. The minimum Gasteiger partial charge on any atom is -0.324 e. The van der Waals surface area contributed by atoms with Crippen molar-refractivity contribution >= 4 is 23.4 Å².